The Morgan fingerprint density at radius 2 is 1.83 bits per heavy atom. The number of aliphatic hydroxyl groups excluding tert-OH is 1. The predicted molar refractivity (Wildman–Crippen MR) is 59.3 cm³/mol. The fourth-order valence-corrected chi connectivity index (χ4v) is 1.47. The molecule has 0 aliphatic heterocycles. The molecule has 0 aliphatic rings. The van der Waals surface area contributed by atoms with Crippen molar-refractivity contribution in [3.05, 3.63) is 29.8 Å². The van der Waals surface area contributed by atoms with Gasteiger partial charge in [-0.3, -0.25) is 0 Å². The highest BCUT2D eigenvalue weighted by molar-refractivity contribution is 5.27. The molecule has 1 unspecified atom stereocenters. The lowest BCUT2D eigenvalue weighted by Gasteiger charge is -2.11. The normalized spacial score (nSPS) is 13.4. The zero-order valence-corrected chi connectivity index (χ0v) is 9.91. The van der Waals surface area contributed by atoms with Gasteiger partial charge in [0.05, 0.1) is 12.7 Å². The second kappa shape index (κ2) is 6.61. The van der Waals surface area contributed by atoms with E-state index in [0.717, 1.165) is 5.56 Å². The zero-order chi connectivity index (χ0) is 13.6. The monoisotopic (exact) mass is 264 g/mol. The number of halogens is 3. The van der Waals surface area contributed by atoms with E-state index in [0.29, 0.717) is 12.8 Å². The van der Waals surface area contributed by atoms with Crippen molar-refractivity contribution < 1.29 is 27.8 Å². The van der Waals surface area contributed by atoms with Crippen LogP contribution in [0.25, 0.3) is 0 Å². The Balaban J connectivity index is 2.45. The molecule has 0 radical (unpaired) electrons. The molecule has 1 N–H and O–H groups in total. The minimum atomic E-state index is -4.67. The Hall–Kier alpha value is -1.27. The lowest BCUT2D eigenvalue weighted by Crippen LogP contribution is -2.17. The van der Waals surface area contributed by atoms with Gasteiger partial charge in [-0.15, -0.1) is 13.2 Å². The van der Waals surface area contributed by atoms with Gasteiger partial charge in [0.15, 0.2) is 0 Å². The van der Waals surface area contributed by atoms with Gasteiger partial charge in [-0.2, -0.15) is 0 Å². The number of rotatable bonds is 6. The number of benzene rings is 1. The number of hydrogen-bond acceptors (Lipinski definition) is 3. The van der Waals surface area contributed by atoms with Crippen LogP contribution in [-0.4, -0.2) is 31.3 Å². The van der Waals surface area contributed by atoms with Gasteiger partial charge in [0.1, 0.15) is 5.75 Å². The molecule has 1 rings (SSSR count). The molecule has 1 atom stereocenters. The summed E-state index contributed by atoms with van der Waals surface area (Å²) in [5.41, 5.74) is 0.833. The van der Waals surface area contributed by atoms with Crippen LogP contribution >= 0.6 is 0 Å². The van der Waals surface area contributed by atoms with Crippen LogP contribution in [0.5, 0.6) is 5.75 Å². The molecule has 3 nitrogen and oxygen atoms in total. The molecule has 1 aromatic carbocycles. The molecular formula is C12H15F3O3. The summed E-state index contributed by atoms with van der Waals surface area (Å²) in [6.45, 7) is 0.245. The average molecular weight is 264 g/mol. The zero-order valence-electron chi connectivity index (χ0n) is 9.91. The minimum Gasteiger partial charge on any atom is -0.406 e. The molecule has 0 spiro atoms. The molecule has 102 valence electrons. The van der Waals surface area contributed by atoms with Crippen molar-refractivity contribution in [2.24, 2.45) is 0 Å². The van der Waals surface area contributed by atoms with E-state index < -0.39 is 12.5 Å². The summed E-state index contributed by atoms with van der Waals surface area (Å²) in [4.78, 5) is 0. The molecule has 6 heteroatoms. The summed E-state index contributed by atoms with van der Waals surface area (Å²) in [5.74, 6) is -0.247. The molecule has 0 fully saturated rings. The van der Waals surface area contributed by atoms with E-state index >= 15 is 0 Å². The van der Waals surface area contributed by atoms with E-state index in [4.69, 9.17) is 4.74 Å². The van der Waals surface area contributed by atoms with Gasteiger partial charge in [0, 0.05) is 7.11 Å². The predicted octanol–water partition coefficient (Wildman–Crippen LogP) is 2.53. The van der Waals surface area contributed by atoms with Crippen molar-refractivity contribution in [3.63, 3.8) is 0 Å². The van der Waals surface area contributed by atoms with Crippen LogP contribution in [0, 0.1) is 0 Å². The van der Waals surface area contributed by atoms with Gasteiger partial charge >= 0.3 is 6.36 Å². The summed E-state index contributed by atoms with van der Waals surface area (Å²) < 4.78 is 44.3. The fourth-order valence-electron chi connectivity index (χ4n) is 1.47. The van der Waals surface area contributed by atoms with Crippen LogP contribution in [0.4, 0.5) is 13.2 Å². The Bertz CT molecular complexity index is 349. The molecule has 0 heterocycles. The Morgan fingerprint density at radius 1 is 1.22 bits per heavy atom. The average Bonchev–Trinajstić information content (AvgIpc) is 2.26. The molecule has 0 aliphatic carbocycles. The standard InChI is InChI=1S/C12H15F3O3/c1-17-8-10(16)5-2-9-3-6-11(7-4-9)18-12(13,14)15/h3-4,6-7,10,16H,2,5,8H2,1H3. The van der Waals surface area contributed by atoms with Crippen molar-refractivity contribution in [1.29, 1.82) is 0 Å². The first kappa shape index (κ1) is 14.8. The SMILES string of the molecule is COCC(O)CCc1ccc(OC(F)(F)F)cc1. The van der Waals surface area contributed by atoms with Crippen LogP contribution in [-0.2, 0) is 11.2 Å². The van der Waals surface area contributed by atoms with Crippen LogP contribution in [0.3, 0.4) is 0 Å². The van der Waals surface area contributed by atoms with Crippen LogP contribution in [0.2, 0.25) is 0 Å². The number of methoxy groups -OCH3 is 1. The third-order valence-electron chi connectivity index (χ3n) is 2.28. The van der Waals surface area contributed by atoms with E-state index in [9.17, 15) is 18.3 Å². The third kappa shape index (κ3) is 5.88. The molecule has 0 amide bonds. The maximum atomic E-state index is 11.9. The summed E-state index contributed by atoms with van der Waals surface area (Å²) >= 11 is 0. The maximum Gasteiger partial charge on any atom is 0.573 e. The topological polar surface area (TPSA) is 38.7 Å². The molecule has 1 aromatic rings. The Labute approximate surface area is 103 Å². The van der Waals surface area contributed by atoms with Crippen molar-refractivity contribution in [2.75, 3.05) is 13.7 Å². The highest BCUT2D eigenvalue weighted by Gasteiger charge is 2.30. The quantitative estimate of drug-likeness (QED) is 0.858. The fraction of sp³-hybridized carbons (Fsp3) is 0.500. The van der Waals surface area contributed by atoms with Crippen LogP contribution in [0.15, 0.2) is 24.3 Å². The van der Waals surface area contributed by atoms with E-state index in [-0.39, 0.29) is 12.4 Å². The van der Waals surface area contributed by atoms with Gasteiger partial charge in [0.25, 0.3) is 0 Å². The van der Waals surface area contributed by atoms with Gasteiger partial charge in [0.2, 0.25) is 0 Å². The molecule has 0 bridgehead atoms. The van der Waals surface area contributed by atoms with E-state index in [1.807, 2.05) is 0 Å². The van der Waals surface area contributed by atoms with Crippen molar-refractivity contribution >= 4 is 0 Å². The largest absolute Gasteiger partial charge is 0.573 e. The van der Waals surface area contributed by atoms with E-state index in [1.165, 1.54) is 19.2 Å². The first-order valence-electron chi connectivity index (χ1n) is 5.42. The highest BCUT2D eigenvalue weighted by Crippen LogP contribution is 2.23. The van der Waals surface area contributed by atoms with Crippen molar-refractivity contribution in [3.8, 4) is 5.75 Å². The van der Waals surface area contributed by atoms with Crippen LogP contribution < -0.4 is 4.74 Å². The molecule has 0 saturated heterocycles. The summed E-state index contributed by atoms with van der Waals surface area (Å²) in [6, 6.07) is 5.60. The first-order valence-corrected chi connectivity index (χ1v) is 5.42. The molecule has 0 aromatic heterocycles. The van der Waals surface area contributed by atoms with Crippen molar-refractivity contribution in [2.45, 2.75) is 25.3 Å². The third-order valence-corrected chi connectivity index (χ3v) is 2.28. The van der Waals surface area contributed by atoms with Gasteiger partial charge in [-0.25, -0.2) is 0 Å². The van der Waals surface area contributed by atoms with Crippen molar-refractivity contribution in [1.82, 2.24) is 0 Å². The second-order valence-electron chi connectivity index (χ2n) is 3.84. The van der Waals surface area contributed by atoms with Gasteiger partial charge < -0.3 is 14.6 Å². The molecule has 0 saturated carbocycles. The van der Waals surface area contributed by atoms with Crippen LogP contribution in [0.1, 0.15) is 12.0 Å². The maximum absolute atomic E-state index is 11.9. The van der Waals surface area contributed by atoms with E-state index in [1.54, 1.807) is 12.1 Å². The van der Waals surface area contributed by atoms with Gasteiger partial charge in [-0.1, -0.05) is 12.1 Å². The Kier molecular flexibility index (Phi) is 5.43. The number of aliphatic hydroxyl groups is 1. The second-order valence-corrected chi connectivity index (χ2v) is 3.84. The van der Waals surface area contributed by atoms with Gasteiger partial charge in [-0.05, 0) is 30.5 Å². The Morgan fingerprint density at radius 3 is 2.33 bits per heavy atom. The summed E-state index contributed by atoms with van der Waals surface area (Å²) in [7, 11) is 1.49. The number of alkyl halides is 3. The minimum absolute atomic E-state index is 0.245. The smallest absolute Gasteiger partial charge is 0.406 e. The first-order chi connectivity index (χ1) is 8.40. The lowest BCUT2D eigenvalue weighted by atomic mass is 10.1. The number of ether oxygens (including phenoxy) is 2. The number of aryl methyl sites for hydroxylation is 1. The molecule has 18 heavy (non-hydrogen) atoms. The summed E-state index contributed by atoms with van der Waals surface area (Å²) in [5, 5.41) is 9.42. The lowest BCUT2D eigenvalue weighted by molar-refractivity contribution is -0.274. The van der Waals surface area contributed by atoms with E-state index in [2.05, 4.69) is 4.74 Å². The molecular weight excluding hydrogens is 249 g/mol. The number of hydrogen-bond donors (Lipinski definition) is 1. The highest BCUT2D eigenvalue weighted by atomic mass is 19.4. The summed E-state index contributed by atoms with van der Waals surface area (Å²) in [6.07, 6.45) is -4.18.